The van der Waals surface area contributed by atoms with E-state index in [1.165, 1.54) is 5.06 Å². The largest absolute Gasteiger partial charge is 0.368 e. The summed E-state index contributed by atoms with van der Waals surface area (Å²) in [5.74, 6) is 0.387. The van der Waals surface area contributed by atoms with Crippen LogP contribution in [0.3, 0.4) is 0 Å². The molecule has 1 heterocycles. The fourth-order valence-electron chi connectivity index (χ4n) is 1.52. The van der Waals surface area contributed by atoms with Gasteiger partial charge in [0.25, 0.3) is 0 Å². The highest BCUT2D eigenvalue weighted by Crippen LogP contribution is 2.32. The molecule has 0 aromatic heterocycles. The van der Waals surface area contributed by atoms with E-state index in [2.05, 4.69) is 20.9 Å². The Hall–Kier alpha value is -1.07. The summed E-state index contributed by atoms with van der Waals surface area (Å²) in [6.07, 6.45) is 0. The first kappa shape index (κ1) is 10.4. The minimum atomic E-state index is -0.720. The predicted octanol–water partition coefficient (Wildman–Crippen LogP) is 1.81. The van der Waals surface area contributed by atoms with Gasteiger partial charge in [-0.3, -0.25) is 0 Å². The van der Waals surface area contributed by atoms with Gasteiger partial charge in [0.1, 0.15) is 0 Å². The lowest BCUT2D eigenvalue weighted by molar-refractivity contribution is -0.163. The third kappa shape index (κ3) is 1.85. The maximum Gasteiger partial charge on any atom is 0.218 e. The summed E-state index contributed by atoms with van der Waals surface area (Å²) < 4.78 is 0.994. The summed E-state index contributed by atoms with van der Waals surface area (Å²) in [6.45, 7) is 1.88. The SMILES string of the molecule is CN1OC(C)(c2cccc(Br)c2)N=C1N. The quantitative estimate of drug-likeness (QED) is 0.846. The molecule has 1 aromatic rings. The topological polar surface area (TPSA) is 50.8 Å². The van der Waals surface area contributed by atoms with E-state index < -0.39 is 5.72 Å². The van der Waals surface area contributed by atoms with Gasteiger partial charge in [0, 0.05) is 17.1 Å². The van der Waals surface area contributed by atoms with E-state index in [1.54, 1.807) is 7.05 Å². The van der Waals surface area contributed by atoms with Crippen LogP contribution < -0.4 is 5.73 Å². The van der Waals surface area contributed by atoms with Gasteiger partial charge in [-0.2, -0.15) is 0 Å². The lowest BCUT2D eigenvalue weighted by Gasteiger charge is -2.21. The molecule has 0 amide bonds. The highest BCUT2D eigenvalue weighted by Gasteiger charge is 2.36. The van der Waals surface area contributed by atoms with Crippen LogP contribution in [0.1, 0.15) is 12.5 Å². The highest BCUT2D eigenvalue weighted by atomic mass is 79.9. The molecule has 1 atom stereocenters. The molecule has 0 bridgehead atoms. The molecule has 1 aliphatic rings. The lowest BCUT2D eigenvalue weighted by atomic mass is 10.1. The molecule has 0 aliphatic carbocycles. The first-order chi connectivity index (χ1) is 7.01. The van der Waals surface area contributed by atoms with Crippen molar-refractivity contribution in [2.75, 3.05) is 7.05 Å². The Balaban J connectivity index is 2.40. The van der Waals surface area contributed by atoms with Crippen molar-refractivity contribution < 1.29 is 4.84 Å². The van der Waals surface area contributed by atoms with E-state index in [9.17, 15) is 0 Å². The number of benzene rings is 1. The minimum absolute atomic E-state index is 0.387. The summed E-state index contributed by atoms with van der Waals surface area (Å²) in [5, 5.41) is 1.47. The molecule has 1 aromatic carbocycles. The van der Waals surface area contributed by atoms with Crippen LogP contribution in [0.4, 0.5) is 0 Å². The molecule has 0 fully saturated rings. The lowest BCUT2D eigenvalue weighted by Crippen LogP contribution is -2.30. The molecule has 15 heavy (non-hydrogen) atoms. The molecule has 0 saturated heterocycles. The van der Waals surface area contributed by atoms with Gasteiger partial charge < -0.3 is 5.73 Å². The number of hydrogen-bond donors (Lipinski definition) is 1. The van der Waals surface area contributed by atoms with Crippen molar-refractivity contribution in [3.05, 3.63) is 34.3 Å². The van der Waals surface area contributed by atoms with E-state index in [4.69, 9.17) is 10.6 Å². The second-order valence-electron chi connectivity index (χ2n) is 3.55. The van der Waals surface area contributed by atoms with Crippen LogP contribution in [0.2, 0.25) is 0 Å². The molecular weight excluding hydrogens is 258 g/mol. The predicted molar refractivity (Wildman–Crippen MR) is 62.0 cm³/mol. The Labute approximate surface area is 96.8 Å². The van der Waals surface area contributed by atoms with Gasteiger partial charge in [-0.05, 0) is 19.1 Å². The first-order valence-corrected chi connectivity index (χ1v) is 5.35. The second kappa shape index (κ2) is 3.50. The van der Waals surface area contributed by atoms with Crippen LogP contribution in [0, 0.1) is 0 Å². The molecule has 80 valence electrons. The van der Waals surface area contributed by atoms with Crippen molar-refractivity contribution in [3.8, 4) is 0 Å². The van der Waals surface area contributed by atoms with Crippen LogP contribution in [0.15, 0.2) is 33.7 Å². The summed E-state index contributed by atoms with van der Waals surface area (Å²) in [6, 6.07) is 7.83. The van der Waals surface area contributed by atoms with Crippen molar-refractivity contribution in [3.63, 3.8) is 0 Å². The maximum atomic E-state index is 5.67. The molecule has 5 heteroatoms. The van der Waals surface area contributed by atoms with Crippen LogP contribution >= 0.6 is 15.9 Å². The van der Waals surface area contributed by atoms with Gasteiger partial charge in [0.15, 0.2) is 0 Å². The average Bonchev–Trinajstić information content (AvgIpc) is 2.42. The smallest absolute Gasteiger partial charge is 0.218 e. The molecule has 0 saturated carbocycles. The van der Waals surface area contributed by atoms with Crippen LogP contribution in [0.25, 0.3) is 0 Å². The zero-order valence-corrected chi connectivity index (χ0v) is 10.2. The molecular formula is C10H12BrN3O. The van der Waals surface area contributed by atoms with Crippen LogP contribution in [0.5, 0.6) is 0 Å². The van der Waals surface area contributed by atoms with Gasteiger partial charge in [0.05, 0.1) is 0 Å². The summed E-state index contributed by atoms with van der Waals surface area (Å²) in [5.41, 5.74) is 5.91. The maximum absolute atomic E-state index is 5.67. The standard InChI is InChI=1S/C10H12BrN3O/c1-10(13-9(12)14(2)15-10)7-4-3-5-8(11)6-7/h3-6H,1-2H3,(H2,12,13). The summed E-state index contributed by atoms with van der Waals surface area (Å²) in [7, 11) is 1.74. The molecule has 1 aliphatic heterocycles. The number of hydroxylamine groups is 2. The Bertz CT molecular complexity index is 421. The van der Waals surface area contributed by atoms with E-state index in [-0.39, 0.29) is 0 Å². The number of aliphatic imine (C=N–C) groups is 1. The van der Waals surface area contributed by atoms with Crippen LogP contribution in [-0.4, -0.2) is 18.1 Å². The van der Waals surface area contributed by atoms with Crippen molar-refractivity contribution in [2.24, 2.45) is 10.7 Å². The molecule has 1 unspecified atom stereocenters. The van der Waals surface area contributed by atoms with Gasteiger partial charge in [-0.15, -0.1) is 0 Å². The summed E-state index contributed by atoms with van der Waals surface area (Å²) in [4.78, 5) is 9.88. The normalized spacial score (nSPS) is 25.5. The number of nitrogens with zero attached hydrogens (tertiary/aromatic N) is 2. The van der Waals surface area contributed by atoms with Gasteiger partial charge in [-0.1, -0.05) is 28.1 Å². The number of nitrogens with two attached hydrogens (primary N) is 1. The van der Waals surface area contributed by atoms with Gasteiger partial charge >= 0.3 is 0 Å². The van der Waals surface area contributed by atoms with E-state index in [0.717, 1.165) is 10.0 Å². The zero-order chi connectivity index (χ0) is 11.1. The van der Waals surface area contributed by atoms with E-state index >= 15 is 0 Å². The fourth-order valence-corrected chi connectivity index (χ4v) is 1.92. The van der Waals surface area contributed by atoms with Crippen molar-refractivity contribution in [1.82, 2.24) is 5.06 Å². The van der Waals surface area contributed by atoms with Gasteiger partial charge in [0.2, 0.25) is 11.7 Å². The monoisotopic (exact) mass is 269 g/mol. The number of hydrogen-bond acceptors (Lipinski definition) is 4. The third-order valence-corrected chi connectivity index (χ3v) is 2.82. The number of rotatable bonds is 1. The minimum Gasteiger partial charge on any atom is -0.368 e. The Morgan fingerprint density at radius 1 is 1.53 bits per heavy atom. The molecule has 2 rings (SSSR count). The molecule has 0 spiro atoms. The molecule has 2 N–H and O–H groups in total. The molecule has 0 radical (unpaired) electrons. The van der Waals surface area contributed by atoms with Gasteiger partial charge in [-0.25, -0.2) is 14.9 Å². The van der Waals surface area contributed by atoms with Crippen LogP contribution in [-0.2, 0) is 10.6 Å². The van der Waals surface area contributed by atoms with E-state index in [0.29, 0.717) is 5.96 Å². The second-order valence-corrected chi connectivity index (χ2v) is 4.47. The van der Waals surface area contributed by atoms with Crippen molar-refractivity contribution >= 4 is 21.9 Å². The van der Waals surface area contributed by atoms with E-state index in [1.807, 2.05) is 31.2 Å². The Kier molecular flexibility index (Phi) is 2.44. The van der Waals surface area contributed by atoms with Crippen molar-refractivity contribution in [1.29, 1.82) is 0 Å². The third-order valence-electron chi connectivity index (χ3n) is 2.33. The Morgan fingerprint density at radius 3 is 2.80 bits per heavy atom. The molecule has 4 nitrogen and oxygen atoms in total. The average molecular weight is 270 g/mol. The van der Waals surface area contributed by atoms with Crippen molar-refractivity contribution in [2.45, 2.75) is 12.6 Å². The number of halogens is 1. The summed E-state index contributed by atoms with van der Waals surface area (Å²) >= 11 is 3.41. The zero-order valence-electron chi connectivity index (χ0n) is 8.57. The fraction of sp³-hybridized carbons (Fsp3) is 0.300. The highest BCUT2D eigenvalue weighted by molar-refractivity contribution is 9.10. The first-order valence-electron chi connectivity index (χ1n) is 4.55. The number of guanidine groups is 1. The Morgan fingerprint density at radius 2 is 2.27 bits per heavy atom.